The normalized spacial score (nSPS) is 13.1. The van der Waals surface area contributed by atoms with Crippen LogP contribution in [0.25, 0.3) is 11.1 Å². The SMILES string of the molecule is CCN1C(=O)N(c2c(F)cc(NCCN(CCO[Si](C)(C)C(C)(C)C)C(=O)O)cc2F)c2cc(Cl)ccc2-c2cc(C#N)ncc21. The van der Waals surface area contributed by atoms with E-state index in [0.717, 1.165) is 17.0 Å². The Bertz CT molecular complexity index is 1670. The van der Waals surface area contributed by atoms with E-state index in [4.69, 9.17) is 16.0 Å². The van der Waals surface area contributed by atoms with Gasteiger partial charge in [-0.1, -0.05) is 38.4 Å². The number of benzene rings is 2. The zero-order valence-electron chi connectivity index (χ0n) is 26.6. The Kier molecular flexibility index (Phi) is 10.3. The van der Waals surface area contributed by atoms with Crippen LogP contribution in [0, 0.1) is 23.0 Å². The fourth-order valence-corrected chi connectivity index (χ4v) is 6.05. The number of nitrogens with zero attached hydrogens (tertiary/aromatic N) is 5. The molecular weight excluding hydrogens is 634 g/mol. The third-order valence-corrected chi connectivity index (χ3v) is 13.1. The Morgan fingerprint density at radius 3 is 2.39 bits per heavy atom. The van der Waals surface area contributed by atoms with Gasteiger partial charge in [-0.2, -0.15) is 5.26 Å². The summed E-state index contributed by atoms with van der Waals surface area (Å²) in [6.07, 6.45) is 0.250. The Morgan fingerprint density at radius 2 is 1.80 bits per heavy atom. The summed E-state index contributed by atoms with van der Waals surface area (Å²) in [4.78, 5) is 33.3. The quantitative estimate of drug-likeness (QED) is 0.209. The van der Waals surface area contributed by atoms with Crippen molar-refractivity contribution in [1.29, 1.82) is 5.26 Å². The highest BCUT2D eigenvalue weighted by Crippen LogP contribution is 2.46. The predicted octanol–water partition coefficient (Wildman–Crippen LogP) is 8.06. The van der Waals surface area contributed by atoms with E-state index in [1.54, 1.807) is 19.1 Å². The molecule has 46 heavy (non-hydrogen) atoms. The van der Waals surface area contributed by atoms with Crippen molar-refractivity contribution in [2.24, 2.45) is 0 Å². The third-order valence-electron chi connectivity index (χ3n) is 8.37. The molecule has 0 bridgehead atoms. The van der Waals surface area contributed by atoms with Gasteiger partial charge in [-0.3, -0.25) is 9.80 Å². The third kappa shape index (κ3) is 7.09. The molecule has 0 unspecified atom stereocenters. The molecule has 0 saturated heterocycles. The van der Waals surface area contributed by atoms with Crippen LogP contribution in [0.3, 0.4) is 0 Å². The highest BCUT2D eigenvalue weighted by molar-refractivity contribution is 6.74. The number of nitrogens with one attached hydrogen (secondary N) is 1. The predicted molar refractivity (Wildman–Crippen MR) is 178 cm³/mol. The number of halogens is 3. The van der Waals surface area contributed by atoms with Crippen molar-refractivity contribution in [3.8, 4) is 17.2 Å². The van der Waals surface area contributed by atoms with Gasteiger partial charge >= 0.3 is 12.1 Å². The Balaban J connectivity index is 1.60. The lowest BCUT2D eigenvalue weighted by Gasteiger charge is -2.36. The first-order valence-electron chi connectivity index (χ1n) is 14.8. The largest absolute Gasteiger partial charge is 0.465 e. The molecular formula is C32H37ClF2N6O4Si. The molecule has 2 N–H and O–H groups in total. The number of rotatable bonds is 10. The number of pyridine rings is 1. The van der Waals surface area contributed by atoms with E-state index in [1.807, 2.05) is 6.07 Å². The number of hydrogen-bond acceptors (Lipinski definition) is 6. The Labute approximate surface area is 273 Å². The molecule has 244 valence electrons. The van der Waals surface area contributed by atoms with Crippen LogP contribution in [0.5, 0.6) is 0 Å². The minimum atomic E-state index is -2.06. The summed E-state index contributed by atoms with van der Waals surface area (Å²) in [5.74, 6) is -2.06. The first-order chi connectivity index (χ1) is 21.6. The molecule has 10 nitrogen and oxygen atoms in total. The number of carbonyl (C=O) groups excluding carboxylic acids is 1. The van der Waals surface area contributed by atoms with Gasteiger partial charge in [0, 0.05) is 48.0 Å². The van der Waals surface area contributed by atoms with Crippen LogP contribution in [0.1, 0.15) is 33.4 Å². The van der Waals surface area contributed by atoms with Gasteiger partial charge in [0.2, 0.25) is 0 Å². The average molecular weight is 671 g/mol. The van der Waals surface area contributed by atoms with Gasteiger partial charge in [0.15, 0.2) is 20.0 Å². The molecule has 3 aromatic rings. The molecule has 14 heteroatoms. The van der Waals surface area contributed by atoms with Crippen LogP contribution in [-0.2, 0) is 4.43 Å². The van der Waals surface area contributed by atoms with Crippen LogP contribution in [0.2, 0.25) is 23.2 Å². The van der Waals surface area contributed by atoms with Crippen LogP contribution >= 0.6 is 11.6 Å². The minimum Gasteiger partial charge on any atom is -0.465 e. The Morgan fingerprint density at radius 1 is 1.13 bits per heavy atom. The first kappa shape index (κ1) is 34.6. The number of anilines is 4. The lowest BCUT2D eigenvalue weighted by Crippen LogP contribution is -2.44. The number of fused-ring (bicyclic) bond motifs is 3. The van der Waals surface area contributed by atoms with Crippen molar-refractivity contribution >= 4 is 54.8 Å². The lowest BCUT2D eigenvalue weighted by atomic mass is 10.0. The summed E-state index contributed by atoms with van der Waals surface area (Å²) in [7, 11) is -2.06. The zero-order chi connectivity index (χ0) is 34.0. The van der Waals surface area contributed by atoms with E-state index < -0.39 is 37.8 Å². The fourth-order valence-electron chi connectivity index (χ4n) is 4.85. The first-order valence-corrected chi connectivity index (χ1v) is 18.0. The number of hydrogen-bond donors (Lipinski definition) is 2. The van der Waals surface area contributed by atoms with Crippen molar-refractivity contribution in [3.05, 3.63) is 64.9 Å². The van der Waals surface area contributed by atoms with Crippen LogP contribution in [0.4, 0.5) is 41.1 Å². The summed E-state index contributed by atoms with van der Waals surface area (Å²) in [5, 5.41) is 22.2. The van der Waals surface area contributed by atoms with Crippen molar-refractivity contribution in [2.75, 3.05) is 47.9 Å². The molecule has 1 aliphatic heterocycles. The molecule has 1 aliphatic rings. The van der Waals surface area contributed by atoms with E-state index in [9.17, 15) is 20.0 Å². The van der Waals surface area contributed by atoms with Gasteiger partial charge in [-0.05, 0) is 55.4 Å². The molecule has 0 aliphatic carbocycles. The highest BCUT2D eigenvalue weighted by Gasteiger charge is 2.38. The fraction of sp³-hybridized carbons (Fsp3) is 0.375. The van der Waals surface area contributed by atoms with E-state index in [0.29, 0.717) is 16.8 Å². The summed E-state index contributed by atoms with van der Waals surface area (Å²) < 4.78 is 37.8. The van der Waals surface area contributed by atoms with Crippen molar-refractivity contribution in [3.63, 3.8) is 0 Å². The number of amides is 3. The standard InChI is InChI=1S/C32H37ClF2N6O4Si/c1-7-40-28-19-38-22(18-36)15-24(28)23-9-8-20(33)14-27(23)41(30(40)42)29-25(34)16-21(17-26(29)35)37-10-11-39(31(43)44)12-13-45-46(5,6)32(2,3)4/h8-9,14-17,19,37H,7,10-13H2,1-6H3,(H,43,44). The molecule has 4 rings (SSSR count). The minimum absolute atomic E-state index is 0.0217. The highest BCUT2D eigenvalue weighted by atomic mass is 35.5. The monoisotopic (exact) mass is 670 g/mol. The number of carboxylic acid groups (broad SMARTS) is 1. The molecule has 1 aromatic heterocycles. The smallest absolute Gasteiger partial charge is 0.407 e. The van der Waals surface area contributed by atoms with Gasteiger partial charge in [-0.15, -0.1) is 0 Å². The zero-order valence-corrected chi connectivity index (χ0v) is 28.4. The van der Waals surface area contributed by atoms with Crippen LogP contribution in [-0.4, -0.2) is 68.2 Å². The van der Waals surface area contributed by atoms with Crippen LogP contribution < -0.4 is 15.1 Å². The lowest BCUT2D eigenvalue weighted by molar-refractivity contribution is 0.135. The second-order valence-corrected chi connectivity index (χ2v) is 17.6. The number of carbonyl (C=O) groups is 2. The number of nitriles is 1. The van der Waals surface area contributed by atoms with Gasteiger partial charge in [0.1, 0.15) is 17.5 Å². The maximum absolute atomic E-state index is 15.9. The Hall–Kier alpha value is -4.25. The van der Waals surface area contributed by atoms with E-state index >= 15 is 8.78 Å². The number of aromatic nitrogens is 1. The van der Waals surface area contributed by atoms with Gasteiger partial charge in [0.25, 0.3) is 0 Å². The summed E-state index contributed by atoms with van der Waals surface area (Å²) in [5.41, 5.74) is 0.953. The molecule has 0 saturated carbocycles. The summed E-state index contributed by atoms with van der Waals surface area (Å²) in [6.45, 7) is 12.8. The summed E-state index contributed by atoms with van der Waals surface area (Å²) >= 11 is 6.30. The van der Waals surface area contributed by atoms with E-state index in [1.165, 1.54) is 28.1 Å². The van der Waals surface area contributed by atoms with Gasteiger partial charge < -0.3 is 19.7 Å². The average Bonchev–Trinajstić information content (AvgIpc) is 3.06. The molecule has 0 radical (unpaired) electrons. The van der Waals surface area contributed by atoms with Crippen molar-refractivity contribution < 1.29 is 27.9 Å². The molecule has 3 amide bonds. The van der Waals surface area contributed by atoms with Gasteiger partial charge in [-0.25, -0.2) is 23.4 Å². The van der Waals surface area contributed by atoms with Crippen molar-refractivity contribution in [2.45, 2.75) is 45.8 Å². The molecule has 2 aromatic carbocycles. The topological polar surface area (TPSA) is 122 Å². The molecule has 0 fully saturated rings. The second kappa shape index (κ2) is 13.6. The molecule has 0 atom stereocenters. The molecule has 2 heterocycles. The second-order valence-electron chi connectivity index (χ2n) is 12.3. The van der Waals surface area contributed by atoms with Gasteiger partial charge in [0.05, 0.1) is 24.2 Å². The maximum atomic E-state index is 15.9. The number of urea groups is 1. The summed E-state index contributed by atoms with van der Waals surface area (Å²) in [6, 6.07) is 9.48. The maximum Gasteiger partial charge on any atom is 0.407 e. The molecule has 0 spiro atoms. The van der Waals surface area contributed by atoms with Crippen molar-refractivity contribution in [1.82, 2.24) is 9.88 Å². The van der Waals surface area contributed by atoms with E-state index in [-0.39, 0.29) is 59.9 Å². The van der Waals surface area contributed by atoms with Crippen LogP contribution in [0.15, 0.2) is 42.6 Å². The van der Waals surface area contributed by atoms with E-state index in [2.05, 4.69) is 44.2 Å².